The Kier molecular flexibility index (Phi) is 3.20. The minimum atomic E-state index is -0.503. The number of nitrogen functional groups attached to an aromatic ring is 1. The van der Waals surface area contributed by atoms with Crippen LogP contribution in [-0.2, 0) is 6.54 Å². The van der Waals surface area contributed by atoms with Crippen LogP contribution in [0.3, 0.4) is 0 Å². The minimum absolute atomic E-state index is 0.136. The number of nitrogens with zero attached hydrogens (tertiary/aromatic N) is 4. The van der Waals surface area contributed by atoms with Crippen molar-refractivity contribution < 1.29 is 4.92 Å². The monoisotopic (exact) mass is 248 g/mol. The van der Waals surface area contributed by atoms with Crippen LogP contribution in [0, 0.1) is 17.0 Å². The largest absolute Gasteiger partial charge is 0.392 e. The van der Waals surface area contributed by atoms with E-state index < -0.39 is 4.92 Å². The lowest BCUT2D eigenvalue weighted by molar-refractivity contribution is -0.390. The molecule has 0 unspecified atom stereocenters. The first kappa shape index (κ1) is 12.0. The Morgan fingerprint density at radius 1 is 1.61 bits per heavy atom. The lowest BCUT2D eigenvalue weighted by Gasteiger charge is -2.01. The van der Waals surface area contributed by atoms with Crippen molar-refractivity contribution in [3.8, 4) is 0 Å². The number of nitrogens with two attached hydrogens (primary N) is 1. The van der Waals surface area contributed by atoms with E-state index in [-0.39, 0.29) is 5.82 Å². The number of aromatic nitrogens is 3. The van der Waals surface area contributed by atoms with Gasteiger partial charge in [-0.15, -0.1) is 0 Å². The number of rotatable bonds is 4. The normalized spacial score (nSPS) is 10.3. The number of anilines is 1. The van der Waals surface area contributed by atoms with Crippen LogP contribution in [0.4, 0.5) is 11.5 Å². The molecule has 2 aromatic rings. The van der Waals surface area contributed by atoms with Gasteiger partial charge in [-0.05, 0) is 24.0 Å². The highest BCUT2D eigenvalue weighted by Crippen LogP contribution is 2.15. The minimum Gasteiger partial charge on any atom is -0.358 e. The van der Waals surface area contributed by atoms with Gasteiger partial charge in [-0.3, -0.25) is 10.8 Å². The van der Waals surface area contributed by atoms with E-state index in [9.17, 15) is 10.1 Å². The van der Waals surface area contributed by atoms with Crippen LogP contribution < -0.4 is 11.3 Å². The number of hydrazine groups is 1. The van der Waals surface area contributed by atoms with Crippen LogP contribution in [-0.4, -0.2) is 19.7 Å². The number of nitro groups is 1. The molecule has 8 nitrogen and oxygen atoms in total. The summed E-state index contributed by atoms with van der Waals surface area (Å²) in [5, 5.41) is 14.6. The lowest BCUT2D eigenvalue weighted by Crippen LogP contribution is -2.08. The third kappa shape index (κ3) is 2.43. The molecule has 0 aliphatic carbocycles. The number of hydrogen-bond donors (Lipinski definition) is 2. The van der Waals surface area contributed by atoms with Gasteiger partial charge < -0.3 is 15.5 Å². The molecule has 3 N–H and O–H groups in total. The zero-order chi connectivity index (χ0) is 13.1. The highest BCUT2D eigenvalue weighted by molar-refractivity contribution is 5.41. The smallest absolute Gasteiger partial charge is 0.358 e. The van der Waals surface area contributed by atoms with Gasteiger partial charge in [0.05, 0.1) is 28.2 Å². The second-order valence-corrected chi connectivity index (χ2v) is 3.77. The Balaban J connectivity index is 2.23. The number of aryl methyl sites for hydroxylation is 1. The molecule has 0 aliphatic rings. The first-order chi connectivity index (χ1) is 8.60. The molecule has 0 fully saturated rings. The average Bonchev–Trinajstić information content (AvgIpc) is 2.70. The number of hydrogen-bond acceptors (Lipinski definition) is 6. The molecule has 2 aromatic heterocycles. The summed E-state index contributed by atoms with van der Waals surface area (Å²) in [5.74, 6) is 5.15. The molecule has 0 bridgehead atoms. The molecule has 0 radical (unpaired) electrons. The van der Waals surface area contributed by atoms with E-state index in [0.717, 1.165) is 5.69 Å². The van der Waals surface area contributed by atoms with Crippen molar-refractivity contribution >= 4 is 11.5 Å². The van der Waals surface area contributed by atoms with Gasteiger partial charge in [0.2, 0.25) is 0 Å². The second-order valence-electron chi connectivity index (χ2n) is 3.77. The third-order valence-electron chi connectivity index (χ3n) is 2.40. The van der Waals surface area contributed by atoms with E-state index in [1.165, 1.54) is 4.68 Å². The summed E-state index contributed by atoms with van der Waals surface area (Å²) >= 11 is 0. The maximum atomic E-state index is 10.7. The SMILES string of the molecule is Cc1cn(Cc2cc(NN)ccn2)nc1[N+](=O)[O-]. The number of nitrogens with one attached hydrogen (secondary N) is 1. The fraction of sp³-hybridized carbons (Fsp3) is 0.200. The Labute approximate surface area is 103 Å². The van der Waals surface area contributed by atoms with Crippen LogP contribution in [0.25, 0.3) is 0 Å². The zero-order valence-corrected chi connectivity index (χ0v) is 9.70. The highest BCUT2D eigenvalue weighted by Gasteiger charge is 2.17. The van der Waals surface area contributed by atoms with Gasteiger partial charge in [0, 0.05) is 6.20 Å². The summed E-state index contributed by atoms with van der Waals surface area (Å²) in [7, 11) is 0. The van der Waals surface area contributed by atoms with Gasteiger partial charge in [0.25, 0.3) is 0 Å². The van der Waals surface area contributed by atoms with Crippen molar-refractivity contribution in [2.24, 2.45) is 5.84 Å². The maximum Gasteiger partial charge on any atom is 0.392 e. The Morgan fingerprint density at radius 3 is 3.00 bits per heavy atom. The van der Waals surface area contributed by atoms with Crippen LogP contribution >= 0.6 is 0 Å². The van der Waals surface area contributed by atoms with Gasteiger partial charge in [-0.2, -0.15) is 4.68 Å². The lowest BCUT2D eigenvalue weighted by atomic mass is 10.3. The zero-order valence-electron chi connectivity index (χ0n) is 9.70. The molecule has 0 saturated heterocycles. The van der Waals surface area contributed by atoms with Crippen molar-refractivity contribution in [2.45, 2.75) is 13.5 Å². The third-order valence-corrected chi connectivity index (χ3v) is 2.40. The molecular weight excluding hydrogens is 236 g/mol. The van der Waals surface area contributed by atoms with Crippen LogP contribution in [0.5, 0.6) is 0 Å². The predicted molar refractivity (Wildman–Crippen MR) is 64.8 cm³/mol. The summed E-state index contributed by atoms with van der Waals surface area (Å²) < 4.78 is 1.48. The highest BCUT2D eigenvalue weighted by atomic mass is 16.6. The van der Waals surface area contributed by atoms with Crippen molar-refractivity contribution in [2.75, 3.05) is 5.43 Å². The Hall–Kier alpha value is -2.48. The standard InChI is InChI=1S/C10H12N6O2/c1-7-5-15(14-10(7)16(17)18)6-9-4-8(13-11)2-3-12-9/h2-5H,6,11H2,1H3,(H,12,13). The van der Waals surface area contributed by atoms with E-state index in [4.69, 9.17) is 5.84 Å². The predicted octanol–water partition coefficient (Wildman–Crippen LogP) is 0.829. The molecule has 2 heterocycles. The molecule has 2 rings (SSSR count). The summed E-state index contributed by atoms with van der Waals surface area (Å²) in [4.78, 5) is 14.3. The first-order valence-corrected chi connectivity index (χ1v) is 5.20. The van der Waals surface area contributed by atoms with Crippen molar-refractivity contribution in [3.63, 3.8) is 0 Å². The van der Waals surface area contributed by atoms with Crippen LogP contribution in [0.1, 0.15) is 11.3 Å². The van der Waals surface area contributed by atoms with Crippen molar-refractivity contribution in [1.29, 1.82) is 0 Å². The molecule has 0 aliphatic heterocycles. The van der Waals surface area contributed by atoms with Crippen molar-refractivity contribution in [3.05, 3.63) is 45.9 Å². The first-order valence-electron chi connectivity index (χ1n) is 5.20. The average molecular weight is 248 g/mol. The van der Waals surface area contributed by atoms with Gasteiger partial charge in [-0.1, -0.05) is 0 Å². The van der Waals surface area contributed by atoms with E-state index in [0.29, 0.717) is 17.8 Å². The van der Waals surface area contributed by atoms with Crippen LogP contribution in [0.2, 0.25) is 0 Å². The van der Waals surface area contributed by atoms with Gasteiger partial charge in [-0.25, -0.2) is 0 Å². The molecule has 0 aromatic carbocycles. The molecule has 0 amide bonds. The van der Waals surface area contributed by atoms with E-state index in [1.54, 1.807) is 31.5 Å². The van der Waals surface area contributed by atoms with Crippen LogP contribution in [0.15, 0.2) is 24.5 Å². The fourth-order valence-electron chi connectivity index (χ4n) is 1.59. The fourth-order valence-corrected chi connectivity index (χ4v) is 1.59. The van der Waals surface area contributed by atoms with Gasteiger partial charge in [0.15, 0.2) is 0 Å². The Bertz CT molecular complexity index is 579. The summed E-state index contributed by atoms with van der Waals surface area (Å²) in [6.45, 7) is 2.00. The van der Waals surface area contributed by atoms with E-state index in [1.807, 2.05) is 0 Å². The molecule has 0 atom stereocenters. The summed E-state index contributed by atoms with van der Waals surface area (Å²) in [6.07, 6.45) is 3.22. The van der Waals surface area contributed by atoms with Gasteiger partial charge >= 0.3 is 5.82 Å². The van der Waals surface area contributed by atoms with E-state index in [2.05, 4.69) is 15.5 Å². The molecule has 0 spiro atoms. The summed E-state index contributed by atoms with van der Waals surface area (Å²) in [5.41, 5.74) is 4.46. The maximum absolute atomic E-state index is 10.7. The molecule has 18 heavy (non-hydrogen) atoms. The molecule has 8 heteroatoms. The summed E-state index contributed by atoms with van der Waals surface area (Å²) in [6, 6.07) is 3.48. The van der Waals surface area contributed by atoms with Gasteiger partial charge in [0.1, 0.15) is 6.54 Å². The molecular formula is C10H12N6O2. The quantitative estimate of drug-likeness (QED) is 0.470. The molecule has 94 valence electrons. The molecule has 0 saturated carbocycles. The van der Waals surface area contributed by atoms with E-state index >= 15 is 0 Å². The number of pyridine rings is 1. The topological polar surface area (TPSA) is 112 Å². The van der Waals surface area contributed by atoms with Crippen molar-refractivity contribution in [1.82, 2.24) is 14.8 Å². The Morgan fingerprint density at radius 2 is 2.39 bits per heavy atom. The second kappa shape index (κ2) is 4.80.